The van der Waals surface area contributed by atoms with Gasteiger partial charge in [-0.05, 0) is 55.9 Å². The number of aromatic hydroxyl groups is 1. The fourth-order valence-electron chi connectivity index (χ4n) is 3.98. The highest BCUT2D eigenvalue weighted by molar-refractivity contribution is 5.94. The van der Waals surface area contributed by atoms with Gasteiger partial charge in [-0.3, -0.25) is 9.48 Å². The number of carbonyl (C=O) groups excluding carboxylic acids is 1. The maximum Gasteiger partial charge on any atom is 0.251 e. The lowest BCUT2D eigenvalue weighted by atomic mass is 9.86. The summed E-state index contributed by atoms with van der Waals surface area (Å²) in [5, 5.41) is 17.6. The third-order valence-electron chi connectivity index (χ3n) is 5.75. The Balaban J connectivity index is 1.32. The lowest BCUT2D eigenvalue weighted by molar-refractivity contribution is 0.0940. The number of phenols is 1. The number of rotatable bonds is 5. The zero-order chi connectivity index (χ0) is 21.3. The van der Waals surface area contributed by atoms with Crippen molar-refractivity contribution in [2.75, 3.05) is 13.7 Å². The topological polar surface area (TPSA) is 76.4 Å². The Morgan fingerprint density at radius 3 is 2.57 bits per heavy atom. The predicted octanol–water partition coefficient (Wildman–Crippen LogP) is 4.19. The number of hydrogen-bond acceptors (Lipinski definition) is 4. The molecule has 4 rings (SSSR count). The second kappa shape index (κ2) is 8.30. The van der Waals surface area contributed by atoms with Crippen LogP contribution in [0.3, 0.4) is 0 Å². The van der Waals surface area contributed by atoms with E-state index in [1.54, 1.807) is 7.11 Å². The van der Waals surface area contributed by atoms with Crippen molar-refractivity contribution in [3.8, 4) is 11.5 Å². The summed E-state index contributed by atoms with van der Waals surface area (Å²) < 4.78 is 34.1. The molecule has 0 saturated heterocycles. The van der Waals surface area contributed by atoms with Crippen LogP contribution in [0.15, 0.2) is 36.5 Å². The van der Waals surface area contributed by atoms with E-state index in [1.165, 1.54) is 0 Å². The van der Waals surface area contributed by atoms with Gasteiger partial charge in [-0.15, -0.1) is 0 Å². The van der Waals surface area contributed by atoms with Gasteiger partial charge in [0.25, 0.3) is 5.91 Å². The van der Waals surface area contributed by atoms with Gasteiger partial charge in [0, 0.05) is 29.8 Å². The molecule has 2 N–H and O–H groups in total. The number of halogens is 2. The van der Waals surface area contributed by atoms with E-state index in [2.05, 4.69) is 16.6 Å². The van der Waals surface area contributed by atoms with E-state index in [0.717, 1.165) is 54.5 Å². The molecule has 3 aromatic rings. The lowest BCUT2D eigenvalue weighted by Crippen LogP contribution is -2.31. The van der Waals surface area contributed by atoms with Gasteiger partial charge >= 0.3 is 0 Å². The van der Waals surface area contributed by atoms with Crippen molar-refractivity contribution in [2.45, 2.75) is 31.7 Å². The van der Waals surface area contributed by atoms with Crippen LogP contribution in [0.4, 0.5) is 8.78 Å². The number of nitrogens with one attached hydrogen (secondary N) is 1. The van der Waals surface area contributed by atoms with E-state index in [9.17, 15) is 13.6 Å². The molecule has 1 aromatic heterocycles. The third-order valence-corrected chi connectivity index (χ3v) is 5.75. The lowest BCUT2D eigenvalue weighted by Gasteiger charge is -2.28. The van der Waals surface area contributed by atoms with Gasteiger partial charge in [-0.2, -0.15) is 5.10 Å². The largest absolute Gasteiger partial charge is 0.503 e. The molecule has 0 radical (unpaired) electrons. The normalized spacial score (nSPS) is 19.0. The van der Waals surface area contributed by atoms with Crippen LogP contribution in [0.1, 0.15) is 42.1 Å². The summed E-state index contributed by atoms with van der Waals surface area (Å²) in [6.07, 6.45) is 5.77. The number of hydrogen-bond donors (Lipinski definition) is 2. The SMILES string of the molecule is COc1ccc2cn(C3CCC(CNC(=O)c4cc(F)c(O)c(F)c4)CC3)nc2c1. The quantitative estimate of drug-likeness (QED) is 0.655. The second-order valence-electron chi connectivity index (χ2n) is 7.71. The first-order valence-electron chi connectivity index (χ1n) is 9.93. The Hall–Kier alpha value is -3.16. The Kier molecular flexibility index (Phi) is 5.57. The predicted molar refractivity (Wildman–Crippen MR) is 108 cm³/mol. The maximum absolute atomic E-state index is 13.4. The Bertz CT molecular complexity index is 1050. The molecule has 1 aliphatic rings. The molecule has 6 nitrogen and oxygen atoms in total. The van der Waals surface area contributed by atoms with Crippen LogP contribution in [0.2, 0.25) is 0 Å². The average molecular weight is 415 g/mol. The van der Waals surface area contributed by atoms with Gasteiger partial charge in [0.1, 0.15) is 5.75 Å². The highest BCUT2D eigenvalue weighted by Gasteiger charge is 2.24. The van der Waals surface area contributed by atoms with Gasteiger partial charge in [-0.25, -0.2) is 8.78 Å². The highest BCUT2D eigenvalue weighted by Crippen LogP contribution is 2.33. The molecule has 158 valence electrons. The molecular formula is C22H23F2N3O3. The van der Waals surface area contributed by atoms with Crippen LogP contribution in [-0.4, -0.2) is 34.4 Å². The van der Waals surface area contributed by atoms with Gasteiger partial charge in [-0.1, -0.05) is 0 Å². The molecule has 1 heterocycles. The van der Waals surface area contributed by atoms with Gasteiger partial charge < -0.3 is 15.2 Å². The molecule has 2 aromatic carbocycles. The number of amides is 1. The highest BCUT2D eigenvalue weighted by atomic mass is 19.1. The zero-order valence-electron chi connectivity index (χ0n) is 16.6. The molecule has 8 heteroatoms. The van der Waals surface area contributed by atoms with Crippen LogP contribution in [0.25, 0.3) is 10.9 Å². The van der Waals surface area contributed by atoms with Crippen LogP contribution < -0.4 is 10.1 Å². The number of ether oxygens (including phenoxy) is 1. The number of nitrogens with zero attached hydrogens (tertiary/aromatic N) is 2. The van der Waals surface area contributed by atoms with Crippen LogP contribution in [-0.2, 0) is 0 Å². The number of phenolic OH excluding ortho intramolecular Hbond substituents is 1. The summed E-state index contributed by atoms with van der Waals surface area (Å²) >= 11 is 0. The average Bonchev–Trinajstić information content (AvgIpc) is 3.19. The first-order chi connectivity index (χ1) is 14.4. The van der Waals surface area contributed by atoms with Crippen molar-refractivity contribution < 1.29 is 23.4 Å². The standard InChI is InChI=1S/C22H23F2N3O3/c1-30-17-7-4-14-12-27(26-20(14)10-17)16-5-2-13(3-6-16)11-25-22(29)15-8-18(23)21(28)19(24)9-15/h4,7-10,12-13,16,28H,2-3,5-6,11H2,1H3,(H,25,29). The van der Waals surface area contributed by atoms with Crippen molar-refractivity contribution in [3.05, 3.63) is 53.7 Å². The van der Waals surface area contributed by atoms with Crippen molar-refractivity contribution in [2.24, 2.45) is 5.92 Å². The second-order valence-corrected chi connectivity index (χ2v) is 7.71. The van der Waals surface area contributed by atoms with Crippen LogP contribution in [0, 0.1) is 17.6 Å². The van der Waals surface area contributed by atoms with Gasteiger partial charge in [0.15, 0.2) is 17.4 Å². The van der Waals surface area contributed by atoms with Crippen molar-refractivity contribution in [1.29, 1.82) is 0 Å². The van der Waals surface area contributed by atoms with Crippen molar-refractivity contribution in [3.63, 3.8) is 0 Å². The van der Waals surface area contributed by atoms with Gasteiger partial charge in [0.05, 0.1) is 18.7 Å². The van der Waals surface area contributed by atoms with Gasteiger partial charge in [0.2, 0.25) is 0 Å². The van der Waals surface area contributed by atoms with E-state index in [4.69, 9.17) is 9.84 Å². The number of fused-ring (bicyclic) bond motifs is 1. The Labute approximate surface area is 172 Å². The van der Waals surface area contributed by atoms with E-state index in [0.29, 0.717) is 18.5 Å². The van der Waals surface area contributed by atoms with Crippen molar-refractivity contribution in [1.82, 2.24) is 15.1 Å². The molecule has 1 aliphatic carbocycles. The first kappa shape index (κ1) is 20.1. The molecule has 1 saturated carbocycles. The molecular weight excluding hydrogens is 392 g/mol. The van der Waals surface area contributed by atoms with E-state index < -0.39 is 23.3 Å². The zero-order valence-corrected chi connectivity index (χ0v) is 16.6. The summed E-state index contributed by atoms with van der Waals surface area (Å²) in [5.41, 5.74) is 0.757. The maximum atomic E-state index is 13.4. The third kappa shape index (κ3) is 4.08. The number of methoxy groups -OCH3 is 1. The fourth-order valence-corrected chi connectivity index (χ4v) is 3.98. The molecule has 30 heavy (non-hydrogen) atoms. The minimum absolute atomic E-state index is 0.143. The Morgan fingerprint density at radius 1 is 1.20 bits per heavy atom. The van der Waals surface area contributed by atoms with Crippen molar-refractivity contribution >= 4 is 16.8 Å². The van der Waals surface area contributed by atoms with E-state index in [-0.39, 0.29) is 5.56 Å². The molecule has 1 amide bonds. The minimum atomic E-state index is -1.15. The summed E-state index contributed by atoms with van der Waals surface area (Å²) in [4.78, 5) is 12.2. The number of aromatic nitrogens is 2. The molecule has 0 spiro atoms. The fraction of sp³-hybridized carbons (Fsp3) is 0.364. The summed E-state index contributed by atoms with van der Waals surface area (Å²) in [7, 11) is 1.63. The molecule has 0 bridgehead atoms. The molecule has 0 aliphatic heterocycles. The van der Waals surface area contributed by atoms with E-state index in [1.807, 2.05) is 22.9 Å². The number of carbonyl (C=O) groups is 1. The summed E-state index contributed by atoms with van der Waals surface area (Å²) in [6.45, 7) is 0.438. The Morgan fingerprint density at radius 2 is 1.90 bits per heavy atom. The summed E-state index contributed by atoms with van der Waals surface area (Å²) in [6, 6.07) is 7.80. The smallest absolute Gasteiger partial charge is 0.251 e. The number of benzene rings is 2. The molecule has 0 unspecified atom stereocenters. The summed E-state index contributed by atoms with van der Waals surface area (Å²) in [5.74, 6) is -2.85. The molecule has 1 fully saturated rings. The van der Waals surface area contributed by atoms with E-state index >= 15 is 0 Å². The van der Waals surface area contributed by atoms with Crippen LogP contribution in [0.5, 0.6) is 11.5 Å². The van der Waals surface area contributed by atoms with Crippen LogP contribution >= 0.6 is 0 Å². The first-order valence-corrected chi connectivity index (χ1v) is 9.93. The molecule has 0 atom stereocenters. The monoisotopic (exact) mass is 415 g/mol. The minimum Gasteiger partial charge on any atom is -0.503 e.